The smallest absolute Gasteiger partial charge is 0.281 e. The van der Waals surface area contributed by atoms with E-state index in [1.54, 1.807) is 18.5 Å². The highest BCUT2D eigenvalue weighted by molar-refractivity contribution is 7.86. The van der Waals surface area contributed by atoms with Crippen molar-refractivity contribution in [3.63, 3.8) is 0 Å². The highest BCUT2D eigenvalue weighted by atomic mass is 32.2. The maximum atomic E-state index is 12.6. The molecule has 3 rings (SSSR count). The van der Waals surface area contributed by atoms with Gasteiger partial charge in [-0.15, -0.1) is 0 Å². The molecular formula is C16H24N4O3S. The summed E-state index contributed by atoms with van der Waals surface area (Å²) < 4.78 is 33.3. The third-order valence-corrected chi connectivity index (χ3v) is 6.42. The van der Waals surface area contributed by atoms with Crippen LogP contribution >= 0.6 is 0 Å². The molecule has 0 atom stereocenters. The Labute approximate surface area is 142 Å². The van der Waals surface area contributed by atoms with Crippen molar-refractivity contribution in [3.05, 3.63) is 24.0 Å². The Hall–Kier alpha value is -1.64. The minimum Gasteiger partial charge on any atom is -0.497 e. The minimum atomic E-state index is -3.37. The van der Waals surface area contributed by atoms with Gasteiger partial charge in [-0.1, -0.05) is 6.42 Å². The first-order chi connectivity index (χ1) is 11.5. The van der Waals surface area contributed by atoms with E-state index in [-0.39, 0.29) is 0 Å². The third-order valence-electron chi connectivity index (χ3n) is 4.44. The summed E-state index contributed by atoms with van der Waals surface area (Å²) in [5, 5.41) is 0. The summed E-state index contributed by atoms with van der Waals surface area (Å²) in [4.78, 5) is 7.74. The van der Waals surface area contributed by atoms with Gasteiger partial charge in [-0.05, 0) is 25.0 Å². The summed E-state index contributed by atoms with van der Waals surface area (Å²) in [5.41, 5.74) is 1.75. The predicted molar refractivity (Wildman–Crippen MR) is 93.3 cm³/mol. The molecule has 1 fully saturated rings. The number of nitrogens with zero attached hydrogens (tertiary/aromatic N) is 3. The van der Waals surface area contributed by atoms with Gasteiger partial charge in [0.05, 0.1) is 18.1 Å². The number of nitrogens with one attached hydrogen (secondary N) is 1. The zero-order chi connectivity index (χ0) is 17.2. The van der Waals surface area contributed by atoms with Crippen molar-refractivity contribution >= 4 is 21.2 Å². The van der Waals surface area contributed by atoms with Gasteiger partial charge in [-0.2, -0.15) is 17.0 Å². The molecule has 1 aliphatic rings. The molecule has 8 heteroatoms. The molecule has 1 saturated heterocycles. The number of aromatic nitrogens is 2. The van der Waals surface area contributed by atoms with E-state index in [9.17, 15) is 8.42 Å². The number of ether oxygens (including phenoxy) is 1. The number of benzene rings is 1. The maximum absolute atomic E-state index is 12.6. The molecule has 1 aromatic carbocycles. The van der Waals surface area contributed by atoms with Crippen molar-refractivity contribution in [3.8, 4) is 5.75 Å². The number of aromatic amines is 1. The van der Waals surface area contributed by atoms with E-state index in [1.807, 2.05) is 18.2 Å². The number of H-pyrrole nitrogens is 1. The second-order valence-corrected chi connectivity index (χ2v) is 8.14. The maximum Gasteiger partial charge on any atom is 0.281 e. The Balaban J connectivity index is 1.66. The standard InChI is InChI=1S/C16H24N4O3S/c1-19(24(21,22)20-9-4-3-5-10-20)11-8-16-17-14-7-6-13(23-2)12-15(14)18-16/h6-7,12H,3-5,8-11H2,1-2H3,(H,17,18). The molecule has 0 aliphatic carbocycles. The first-order valence-electron chi connectivity index (χ1n) is 8.25. The van der Waals surface area contributed by atoms with Crippen LogP contribution in [-0.2, 0) is 16.6 Å². The van der Waals surface area contributed by atoms with Gasteiger partial charge in [-0.25, -0.2) is 4.98 Å². The summed E-state index contributed by atoms with van der Waals surface area (Å²) >= 11 is 0. The van der Waals surface area contributed by atoms with Gasteiger partial charge < -0.3 is 9.72 Å². The number of hydrogen-bond acceptors (Lipinski definition) is 4. The highest BCUT2D eigenvalue weighted by Crippen LogP contribution is 2.19. The van der Waals surface area contributed by atoms with Crippen LogP contribution in [0.1, 0.15) is 25.1 Å². The third kappa shape index (κ3) is 3.55. The fourth-order valence-electron chi connectivity index (χ4n) is 2.96. The van der Waals surface area contributed by atoms with Crippen molar-refractivity contribution in [1.29, 1.82) is 0 Å². The molecule has 0 radical (unpaired) electrons. The van der Waals surface area contributed by atoms with Crippen molar-refractivity contribution in [2.24, 2.45) is 0 Å². The Bertz CT molecular complexity index is 797. The van der Waals surface area contributed by atoms with Crippen LogP contribution in [0.25, 0.3) is 11.0 Å². The molecule has 0 spiro atoms. The Morgan fingerprint density at radius 3 is 2.75 bits per heavy atom. The molecule has 1 aliphatic heterocycles. The molecule has 2 heterocycles. The number of rotatable bonds is 6. The van der Waals surface area contributed by atoms with Gasteiger partial charge in [0.2, 0.25) is 0 Å². The summed E-state index contributed by atoms with van der Waals surface area (Å²) in [6.07, 6.45) is 3.54. The quantitative estimate of drug-likeness (QED) is 0.859. The number of methoxy groups -OCH3 is 1. The van der Waals surface area contributed by atoms with Crippen molar-refractivity contribution in [2.45, 2.75) is 25.7 Å². The van der Waals surface area contributed by atoms with Crippen LogP contribution in [0.3, 0.4) is 0 Å². The Kier molecular flexibility index (Phi) is 5.07. The monoisotopic (exact) mass is 352 g/mol. The zero-order valence-corrected chi connectivity index (χ0v) is 15.0. The molecule has 24 heavy (non-hydrogen) atoms. The van der Waals surface area contributed by atoms with Gasteiger partial charge in [0.1, 0.15) is 11.6 Å². The topological polar surface area (TPSA) is 78.5 Å². The lowest BCUT2D eigenvalue weighted by atomic mass is 10.2. The number of hydrogen-bond donors (Lipinski definition) is 1. The molecule has 0 amide bonds. The van der Waals surface area contributed by atoms with E-state index < -0.39 is 10.2 Å². The Morgan fingerprint density at radius 2 is 2.04 bits per heavy atom. The minimum absolute atomic E-state index is 0.399. The van der Waals surface area contributed by atoms with E-state index in [0.717, 1.165) is 41.9 Å². The molecule has 1 aromatic heterocycles. The second kappa shape index (κ2) is 7.08. The first kappa shape index (κ1) is 17.2. The lowest BCUT2D eigenvalue weighted by Gasteiger charge is -2.30. The lowest BCUT2D eigenvalue weighted by Crippen LogP contribution is -2.44. The van der Waals surface area contributed by atoms with Crippen LogP contribution in [0.5, 0.6) is 5.75 Å². The summed E-state index contributed by atoms with van der Waals surface area (Å²) in [6.45, 7) is 1.64. The number of likely N-dealkylation sites (N-methyl/N-ethyl adjacent to an activating group) is 1. The van der Waals surface area contributed by atoms with Crippen LogP contribution in [0.4, 0.5) is 0 Å². The van der Waals surface area contributed by atoms with Crippen molar-refractivity contribution in [1.82, 2.24) is 18.6 Å². The van der Waals surface area contributed by atoms with Crippen molar-refractivity contribution < 1.29 is 13.2 Å². The average Bonchev–Trinajstić information content (AvgIpc) is 3.02. The molecule has 132 valence electrons. The van der Waals surface area contributed by atoms with Crippen molar-refractivity contribution in [2.75, 3.05) is 33.8 Å². The molecule has 0 saturated carbocycles. The number of fused-ring (bicyclic) bond motifs is 1. The fraction of sp³-hybridized carbons (Fsp3) is 0.562. The van der Waals surface area contributed by atoms with E-state index in [4.69, 9.17) is 4.74 Å². The van der Waals surface area contributed by atoms with Crippen LogP contribution in [0, 0.1) is 0 Å². The predicted octanol–water partition coefficient (Wildman–Crippen LogP) is 1.78. The largest absolute Gasteiger partial charge is 0.497 e. The van der Waals surface area contributed by atoms with E-state index >= 15 is 0 Å². The van der Waals surface area contributed by atoms with E-state index in [2.05, 4.69) is 9.97 Å². The molecule has 0 unspecified atom stereocenters. The van der Waals surface area contributed by atoms with Crippen LogP contribution in [0.15, 0.2) is 18.2 Å². The normalized spacial score (nSPS) is 16.8. The van der Waals surface area contributed by atoms with Gasteiger partial charge in [0, 0.05) is 39.2 Å². The highest BCUT2D eigenvalue weighted by Gasteiger charge is 2.27. The van der Waals surface area contributed by atoms with E-state index in [0.29, 0.717) is 26.1 Å². The average molecular weight is 352 g/mol. The summed E-state index contributed by atoms with van der Waals surface area (Å²) in [5.74, 6) is 1.54. The van der Waals surface area contributed by atoms with E-state index in [1.165, 1.54) is 4.31 Å². The molecule has 1 N–H and O–H groups in total. The van der Waals surface area contributed by atoms with Crippen LogP contribution in [0.2, 0.25) is 0 Å². The zero-order valence-electron chi connectivity index (χ0n) is 14.2. The molecule has 7 nitrogen and oxygen atoms in total. The summed E-state index contributed by atoms with van der Waals surface area (Å²) in [7, 11) is -0.110. The van der Waals surface area contributed by atoms with Gasteiger partial charge >= 0.3 is 0 Å². The summed E-state index contributed by atoms with van der Waals surface area (Å²) in [6, 6.07) is 5.64. The molecule has 2 aromatic rings. The molecule has 0 bridgehead atoms. The van der Waals surface area contributed by atoms with Crippen LogP contribution in [-0.4, -0.2) is 60.8 Å². The van der Waals surface area contributed by atoms with Gasteiger partial charge in [0.15, 0.2) is 0 Å². The molecular weight excluding hydrogens is 328 g/mol. The number of imidazole rings is 1. The lowest BCUT2D eigenvalue weighted by molar-refractivity contribution is 0.316. The van der Waals surface area contributed by atoms with Gasteiger partial charge in [0.25, 0.3) is 10.2 Å². The first-order valence-corrected chi connectivity index (χ1v) is 9.64. The Morgan fingerprint density at radius 1 is 1.29 bits per heavy atom. The van der Waals surface area contributed by atoms with Crippen LogP contribution < -0.4 is 4.74 Å². The SMILES string of the molecule is COc1ccc2nc(CCN(C)S(=O)(=O)N3CCCCC3)[nH]c2c1. The fourth-order valence-corrected chi connectivity index (χ4v) is 4.39. The second-order valence-electron chi connectivity index (χ2n) is 6.11. The van der Waals surface area contributed by atoms with Gasteiger partial charge in [-0.3, -0.25) is 0 Å². The number of piperidine rings is 1.